The van der Waals surface area contributed by atoms with E-state index in [9.17, 15) is 4.79 Å². The van der Waals surface area contributed by atoms with Gasteiger partial charge in [-0.2, -0.15) is 0 Å². The molecule has 0 spiro atoms. The van der Waals surface area contributed by atoms with Gasteiger partial charge >= 0.3 is 6.01 Å². The number of nitrogens with one attached hydrogen (secondary N) is 1. The van der Waals surface area contributed by atoms with Crippen molar-refractivity contribution >= 4 is 11.9 Å². The molecule has 3 aromatic rings. The van der Waals surface area contributed by atoms with Gasteiger partial charge in [-0.15, -0.1) is 5.10 Å². The fraction of sp³-hybridized carbons (Fsp3) is 0.167. The van der Waals surface area contributed by atoms with Gasteiger partial charge in [0, 0.05) is 5.56 Å². The summed E-state index contributed by atoms with van der Waals surface area (Å²) in [6.07, 6.45) is 0.537. The number of hydrogen-bond donors (Lipinski definition) is 1. The quantitative estimate of drug-likeness (QED) is 0.800. The number of anilines is 1. The first kappa shape index (κ1) is 15.0. The van der Waals surface area contributed by atoms with Gasteiger partial charge in [0.25, 0.3) is 5.91 Å². The number of amides is 1. The maximum atomic E-state index is 12.0. The Labute approximate surface area is 134 Å². The van der Waals surface area contributed by atoms with E-state index in [0.29, 0.717) is 17.9 Å². The van der Waals surface area contributed by atoms with E-state index in [1.807, 2.05) is 12.1 Å². The molecule has 23 heavy (non-hydrogen) atoms. The van der Waals surface area contributed by atoms with Gasteiger partial charge in [-0.3, -0.25) is 10.1 Å². The molecule has 0 atom stereocenters. The maximum Gasteiger partial charge on any atom is 0.322 e. The predicted molar refractivity (Wildman–Crippen MR) is 87.4 cm³/mol. The largest absolute Gasteiger partial charge is 0.407 e. The van der Waals surface area contributed by atoms with E-state index in [-0.39, 0.29) is 11.9 Å². The lowest BCUT2D eigenvalue weighted by atomic mass is 10.0. The molecule has 5 heteroatoms. The lowest BCUT2D eigenvalue weighted by Crippen LogP contribution is -2.11. The average Bonchev–Trinajstić information content (AvgIpc) is 2.99. The molecule has 5 nitrogen and oxygen atoms in total. The topological polar surface area (TPSA) is 68.0 Å². The van der Waals surface area contributed by atoms with Gasteiger partial charge in [0.05, 0.1) is 6.42 Å². The van der Waals surface area contributed by atoms with Crippen LogP contribution in [0.3, 0.4) is 0 Å². The van der Waals surface area contributed by atoms with E-state index >= 15 is 0 Å². The second kappa shape index (κ2) is 6.44. The molecule has 0 radical (unpaired) electrons. The third kappa shape index (κ3) is 3.63. The van der Waals surface area contributed by atoms with Crippen LogP contribution in [-0.4, -0.2) is 16.1 Å². The van der Waals surface area contributed by atoms with Gasteiger partial charge < -0.3 is 4.42 Å². The van der Waals surface area contributed by atoms with Crippen LogP contribution in [0, 0.1) is 13.8 Å². The van der Waals surface area contributed by atoms with Crippen molar-refractivity contribution in [2.75, 3.05) is 5.32 Å². The number of hydrogen-bond acceptors (Lipinski definition) is 4. The lowest BCUT2D eigenvalue weighted by molar-refractivity contribution is 0.102. The van der Waals surface area contributed by atoms with E-state index in [1.54, 1.807) is 24.3 Å². The molecule has 116 valence electrons. The zero-order valence-electron chi connectivity index (χ0n) is 13.0. The van der Waals surface area contributed by atoms with Gasteiger partial charge in [0.2, 0.25) is 5.89 Å². The highest BCUT2D eigenvalue weighted by atomic mass is 16.4. The van der Waals surface area contributed by atoms with Crippen molar-refractivity contribution in [1.82, 2.24) is 10.2 Å². The second-order valence-electron chi connectivity index (χ2n) is 5.42. The van der Waals surface area contributed by atoms with Crippen LogP contribution in [0.1, 0.15) is 32.9 Å². The summed E-state index contributed by atoms with van der Waals surface area (Å²) in [5, 5.41) is 10.5. The summed E-state index contributed by atoms with van der Waals surface area (Å²) in [5.41, 5.74) is 4.11. The van der Waals surface area contributed by atoms with Crippen LogP contribution in [0.5, 0.6) is 0 Å². The van der Waals surface area contributed by atoms with Crippen molar-refractivity contribution in [3.8, 4) is 0 Å². The third-order valence-corrected chi connectivity index (χ3v) is 3.65. The molecule has 1 amide bonds. The van der Waals surface area contributed by atoms with Crippen molar-refractivity contribution in [2.24, 2.45) is 0 Å². The van der Waals surface area contributed by atoms with Crippen LogP contribution >= 0.6 is 0 Å². The summed E-state index contributed by atoms with van der Waals surface area (Å²) in [6.45, 7) is 4.14. The third-order valence-electron chi connectivity index (χ3n) is 3.65. The SMILES string of the molecule is Cc1ccc(Cc2nnc(NC(=O)c3ccccc3)o2)cc1C. The van der Waals surface area contributed by atoms with E-state index in [1.165, 1.54) is 11.1 Å². The van der Waals surface area contributed by atoms with Gasteiger partial charge in [-0.1, -0.05) is 41.5 Å². The molecule has 0 aliphatic carbocycles. The maximum absolute atomic E-state index is 12.0. The number of rotatable bonds is 4. The number of carbonyl (C=O) groups excluding carboxylic acids is 1. The minimum absolute atomic E-state index is 0.109. The molecular formula is C18H17N3O2. The summed E-state index contributed by atoms with van der Waals surface area (Å²) < 4.78 is 5.50. The first-order valence-corrected chi connectivity index (χ1v) is 7.37. The lowest BCUT2D eigenvalue weighted by Gasteiger charge is -2.02. The molecule has 1 N–H and O–H groups in total. The molecular weight excluding hydrogens is 290 g/mol. The molecule has 0 aliphatic rings. The van der Waals surface area contributed by atoms with Gasteiger partial charge in [-0.25, -0.2) is 0 Å². The highest BCUT2D eigenvalue weighted by Crippen LogP contribution is 2.15. The summed E-state index contributed by atoms with van der Waals surface area (Å²) in [4.78, 5) is 12.0. The Bertz CT molecular complexity index is 825. The molecule has 0 bridgehead atoms. The standard InChI is InChI=1S/C18H17N3O2/c1-12-8-9-14(10-13(12)2)11-16-20-21-18(23-16)19-17(22)15-6-4-3-5-7-15/h3-10H,11H2,1-2H3,(H,19,21,22). The second-order valence-corrected chi connectivity index (χ2v) is 5.42. The Balaban J connectivity index is 1.68. The van der Waals surface area contributed by atoms with Crippen LogP contribution in [0.15, 0.2) is 52.9 Å². The molecule has 3 rings (SSSR count). The molecule has 0 unspecified atom stereocenters. The van der Waals surface area contributed by atoms with Crippen LogP contribution in [0.4, 0.5) is 6.01 Å². The van der Waals surface area contributed by atoms with Gasteiger partial charge in [0.1, 0.15) is 0 Å². The van der Waals surface area contributed by atoms with Crippen molar-refractivity contribution in [1.29, 1.82) is 0 Å². The van der Waals surface area contributed by atoms with E-state index in [0.717, 1.165) is 5.56 Å². The highest BCUT2D eigenvalue weighted by Gasteiger charge is 2.11. The summed E-state index contributed by atoms with van der Waals surface area (Å²) in [7, 11) is 0. The van der Waals surface area contributed by atoms with E-state index in [2.05, 4.69) is 41.5 Å². The van der Waals surface area contributed by atoms with Gasteiger partial charge in [-0.05, 0) is 42.7 Å². The van der Waals surface area contributed by atoms with Crippen LogP contribution < -0.4 is 5.32 Å². The van der Waals surface area contributed by atoms with Crippen molar-refractivity contribution < 1.29 is 9.21 Å². The monoisotopic (exact) mass is 307 g/mol. The first-order valence-electron chi connectivity index (χ1n) is 7.37. The van der Waals surface area contributed by atoms with E-state index < -0.39 is 0 Å². The Hall–Kier alpha value is -2.95. The first-order chi connectivity index (χ1) is 11.1. The zero-order chi connectivity index (χ0) is 16.2. The number of benzene rings is 2. The highest BCUT2D eigenvalue weighted by molar-refractivity contribution is 6.02. The van der Waals surface area contributed by atoms with Crippen molar-refractivity contribution in [2.45, 2.75) is 20.3 Å². The molecule has 2 aromatic carbocycles. The molecule has 0 saturated carbocycles. The smallest absolute Gasteiger partial charge is 0.322 e. The Morgan fingerprint density at radius 1 is 1.04 bits per heavy atom. The van der Waals surface area contributed by atoms with Gasteiger partial charge in [0.15, 0.2) is 0 Å². The normalized spacial score (nSPS) is 10.5. The molecule has 1 aromatic heterocycles. The summed E-state index contributed by atoms with van der Waals surface area (Å²) in [5.74, 6) is 0.198. The number of aryl methyl sites for hydroxylation is 2. The molecule has 0 fully saturated rings. The molecule has 0 aliphatic heterocycles. The average molecular weight is 307 g/mol. The number of carbonyl (C=O) groups is 1. The number of aromatic nitrogens is 2. The Morgan fingerprint density at radius 3 is 2.57 bits per heavy atom. The minimum Gasteiger partial charge on any atom is -0.407 e. The summed E-state index contributed by atoms with van der Waals surface area (Å²) >= 11 is 0. The Kier molecular flexibility index (Phi) is 4.19. The van der Waals surface area contributed by atoms with Crippen LogP contribution in [0.2, 0.25) is 0 Å². The summed E-state index contributed by atoms with van der Waals surface area (Å²) in [6, 6.07) is 15.2. The van der Waals surface area contributed by atoms with Crippen LogP contribution in [-0.2, 0) is 6.42 Å². The minimum atomic E-state index is -0.271. The van der Waals surface area contributed by atoms with Crippen molar-refractivity contribution in [3.05, 3.63) is 76.7 Å². The fourth-order valence-corrected chi connectivity index (χ4v) is 2.22. The molecule has 0 saturated heterocycles. The number of nitrogens with zero attached hydrogens (tertiary/aromatic N) is 2. The fourth-order valence-electron chi connectivity index (χ4n) is 2.22. The van der Waals surface area contributed by atoms with Crippen LogP contribution in [0.25, 0.3) is 0 Å². The zero-order valence-corrected chi connectivity index (χ0v) is 13.0. The Morgan fingerprint density at radius 2 is 1.83 bits per heavy atom. The predicted octanol–water partition coefficient (Wildman–Crippen LogP) is 3.53. The van der Waals surface area contributed by atoms with E-state index in [4.69, 9.17) is 4.42 Å². The molecule has 1 heterocycles. The van der Waals surface area contributed by atoms with Crippen molar-refractivity contribution in [3.63, 3.8) is 0 Å².